The molecule has 1 fully saturated rings. The Kier molecular flexibility index (Phi) is 5.08. The van der Waals surface area contributed by atoms with Crippen molar-refractivity contribution in [2.45, 2.75) is 13.1 Å². The van der Waals surface area contributed by atoms with E-state index in [1.165, 1.54) is 16.6 Å². The van der Waals surface area contributed by atoms with Gasteiger partial charge in [-0.2, -0.15) is 5.26 Å². The summed E-state index contributed by atoms with van der Waals surface area (Å²) < 4.78 is 1.40. The summed E-state index contributed by atoms with van der Waals surface area (Å²) in [6.45, 7) is 4.00. The number of rotatable bonds is 4. The maximum Gasteiger partial charge on any atom is 0.252 e. The van der Waals surface area contributed by atoms with Crippen molar-refractivity contribution in [1.82, 2.24) is 24.6 Å². The predicted octanol–water partition coefficient (Wildman–Crippen LogP) is 1.15. The van der Waals surface area contributed by atoms with E-state index in [1.54, 1.807) is 0 Å². The molecule has 0 aliphatic carbocycles. The first-order valence-corrected chi connectivity index (χ1v) is 8.06. The summed E-state index contributed by atoms with van der Waals surface area (Å²) in [5, 5.41) is 13.4. The molecule has 8 heteroatoms. The van der Waals surface area contributed by atoms with Crippen molar-refractivity contribution in [1.29, 1.82) is 5.26 Å². The van der Waals surface area contributed by atoms with Crippen molar-refractivity contribution in [3.63, 3.8) is 0 Å². The fourth-order valence-corrected chi connectivity index (χ4v) is 2.79. The lowest BCUT2D eigenvalue weighted by Gasteiger charge is -2.34. The molecule has 0 saturated carbocycles. The first kappa shape index (κ1) is 16.4. The molecule has 3 rings (SSSR count). The number of aromatic nitrogens is 3. The number of nitriles is 1. The second kappa shape index (κ2) is 7.43. The molecule has 124 valence electrons. The van der Waals surface area contributed by atoms with E-state index in [0.717, 1.165) is 24.7 Å². The summed E-state index contributed by atoms with van der Waals surface area (Å²) in [5.41, 5.74) is 1.21. The van der Waals surface area contributed by atoms with Crippen LogP contribution in [0.1, 0.15) is 11.4 Å². The van der Waals surface area contributed by atoms with Crippen molar-refractivity contribution in [2.75, 3.05) is 26.2 Å². The van der Waals surface area contributed by atoms with E-state index in [9.17, 15) is 4.79 Å². The Morgan fingerprint density at radius 3 is 2.54 bits per heavy atom. The van der Waals surface area contributed by atoms with E-state index in [2.05, 4.69) is 15.0 Å². The molecule has 0 unspecified atom stereocenters. The van der Waals surface area contributed by atoms with Crippen LogP contribution in [-0.4, -0.2) is 56.7 Å². The number of piperazine rings is 1. The highest BCUT2D eigenvalue weighted by atomic mass is 35.5. The Balaban J connectivity index is 1.48. The van der Waals surface area contributed by atoms with Crippen LogP contribution in [0.5, 0.6) is 0 Å². The summed E-state index contributed by atoms with van der Waals surface area (Å²) in [4.78, 5) is 20.2. The van der Waals surface area contributed by atoms with Crippen molar-refractivity contribution in [2.24, 2.45) is 0 Å². The van der Waals surface area contributed by atoms with Gasteiger partial charge < -0.3 is 4.90 Å². The SMILES string of the molecule is N#Cc1ncn(CC(=O)N2CCN(Cc3ccc(Cl)cc3)CC2)n1. The number of nitrogens with zero attached hydrogens (tertiary/aromatic N) is 6. The van der Waals surface area contributed by atoms with Gasteiger partial charge in [-0.1, -0.05) is 23.7 Å². The quantitative estimate of drug-likeness (QED) is 0.831. The van der Waals surface area contributed by atoms with Gasteiger partial charge >= 0.3 is 0 Å². The van der Waals surface area contributed by atoms with Crippen LogP contribution in [-0.2, 0) is 17.9 Å². The van der Waals surface area contributed by atoms with Crippen LogP contribution < -0.4 is 0 Å². The topological polar surface area (TPSA) is 78.0 Å². The fourth-order valence-electron chi connectivity index (χ4n) is 2.66. The highest BCUT2D eigenvalue weighted by molar-refractivity contribution is 6.30. The normalized spacial score (nSPS) is 15.2. The number of halogens is 1. The van der Waals surface area contributed by atoms with Gasteiger partial charge in [0, 0.05) is 37.7 Å². The lowest BCUT2D eigenvalue weighted by atomic mass is 10.2. The average molecular weight is 345 g/mol. The van der Waals surface area contributed by atoms with Gasteiger partial charge in [0.2, 0.25) is 5.91 Å². The molecule has 7 nitrogen and oxygen atoms in total. The van der Waals surface area contributed by atoms with Crippen LogP contribution in [0, 0.1) is 11.3 Å². The molecule has 0 bridgehead atoms. The highest BCUT2D eigenvalue weighted by Gasteiger charge is 2.21. The Labute approximate surface area is 145 Å². The van der Waals surface area contributed by atoms with Crippen LogP contribution in [0.15, 0.2) is 30.6 Å². The Hall–Kier alpha value is -2.43. The molecular formula is C16H17ClN6O. The van der Waals surface area contributed by atoms with Gasteiger partial charge in [0.15, 0.2) is 0 Å². The van der Waals surface area contributed by atoms with Crippen LogP contribution >= 0.6 is 11.6 Å². The Bertz CT molecular complexity index is 743. The minimum absolute atomic E-state index is 0.00414. The summed E-state index contributed by atoms with van der Waals surface area (Å²) in [6, 6.07) is 9.69. The van der Waals surface area contributed by atoms with Crippen molar-refractivity contribution < 1.29 is 4.79 Å². The number of hydrogen-bond acceptors (Lipinski definition) is 5. The van der Waals surface area contributed by atoms with E-state index in [1.807, 2.05) is 35.2 Å². The van der Waals surface area contributed by atoms with Gasteiger partial charge in [0.25, 0.3) is 5.82 Å². The van der Waals surface area contributed by atoms with E-state index in [0.29, 0.717) is 13.1 Å². The molecule has 24 heavy (non-hydrogen) atoms. The van der Waals surface area contributed by atoms with Gasteiger partial charge in [0.05, 0.1) is 0 Å². The summed E-state index contributed by atoms with van der Waals surface area (Å²) >= 11 is 5.90. The number of carbonyl (C=O) groups excluding carboxylic acids is 1. The molecule has 2 aromatic rings. The van der Waals surface area contributed by atoms with Gasteiger partial charge in [0.1, 0.15) is 18.9 Å². The van der Waals surface area contributed by atoms with Crippen LogP contribution in [0.25, 0.3) is 0 Å². The molecule has 1 aromatic heterocycles. The molecule has 0 atom stereocenters. The van der Waals surface area contributed by atoms with Crippen molar-refractivity contribution in [3.05, 3.63) is 47.0 Å². The molecule has 2 heterocycles. The maximum absolute atomic E-state index is 12.3. The molecule has 1 saturated heterocycles. The first-order valence-electron chi connectivity index (χ1n) is 7.68. The zero-order chi connectivity index (χ0) is 16.9. The van der Waals surface area contributed by atoms with Gasteiger partial charge in [-0.15, -0.1) is 5.10 Å². The first-order chi connectivity index (χ1) is 11.6. The van der Waals surface area contributed by atoms with Crippen LogP contribution in [0.3, 0.4) is 0 Å². The van der Waals surface area contributed by atoms with Gasteiger partial charge in [-0.25, -0.2) is 9.67 Å². The number of amides is 1. The van der Waals surface area contributed by atoms with E-state index < -0.39 is 0 Å². The van der Waals surface area contributed by atoms with E-state index in [4.69, 9.17) is 16.9 Å². The predicted molar refractivity (Wildman–Crippen MR) is 88.0 cm³/mol. The summed E-state index contributed by atoms with van der Waals surface area (Å²) in [7, 11) is 0. The minimum atomic E-state index is -0.00414. The second-order valence-corrected chi connectivity index (χ2v) is 6.10. The third-order valence-corrected chi connectivity index (χ3v) is 4.23. The Morgan fingerprint density at radius 2 is 1.92 bits per heavy atom. The van der Waals surface area contributed by atoms with E-state index >= 15 is 0 Å². The monoisotopic (exact) mass is 344 g/mol. The number of hydrogen-bond donors (Lipinski definition) is 0. The third kappa shape index (κ3) is 4.10. The zero-order valence-electron chi connectivity index (χ0n) is 13.1. The maximum atomic E-state index is 12.3. The minimum Gasteiger partial charge on any atom is -0.339 e. The zero-order valence-corrected chi connectivity index (χ0v) is 13.9. The third-order valence-electron chi connectivity index (χ3n) is 3.98. The molecule has 1 amide bonds. The molecule has 1 aliphatic heterocycles. The number of benzene rings is 1. The molecule has 0 spiro atoms. The highest BCUT2D eigenvalue weighted by Crippen LogP contribution is 2.13. The lowest BCUT2D eigenvalue weighted by molar-refractivity contribution is -0.133. The standard InChI is InChI=1S/C16H17ClN6O/c17-14-3-1-13(2-4-14)10-21-5-7-22(8-6-21)16(24)11-23-12-19-15(9-18)20-23/h1-4,12H,5-8,10-11H2. The largest absolute Gasteiger partial charge is 0.339 e. The van der Waals surface area contributed by atoms with Crippen molar-refractivity contribution in [3.8, 4) is 6.07 Å². The summed E-state index contributed by atoms with van der Waals surface area (Å²) in [5.74, 6) is 0.0751. The van der Waals surface area contributed by atoms with E-state index in [-0.39, 0.29) is 18.3 Å². The van der Waals surface area contributed by atoms with Crippen molar-refractivity contribution >= 4 is 17.5 Å². The lowest BCUT2D eigenvalue weighted by Crippen LogP contribution is -2.49. The van der Waals surface area contributed by atoms with Gasteiger partial charge in [-0.05, 0) is 17.7 Å². The van der Waals surface area contributed by atoms with Crippen LogP contribution in [0.2, 0.25) is 5.02 Å². The van der Waals surface area contributed by atoms with Gasteiger partial charge in [-0.3, -0.25) is 9.69 Å². The fraction of sp³-hybridized carbons (Fsp3) is 0.375. The smallest absolute Gasteiger partial charge is 0.252 e. The molecule has 1 aliphatic rings. The second-order valence-electron chi connectivity index (χ2n) is 5.66. The molecule has 0 N–H and O–H groups in total. The summed E-state index contributed by atoms with van der Waals surface area (Å²) in [6.07, 6.45) is 1.41. The Morgan fingerprint density at radius 1 is 1.21 bits per heavy atom. The molecular weight excluding hydrogens is 328 g/mol. The van der Waals surface area contributed by atoms with Crippen LogP contribution in [0.4, 0.5) is 0 Å². The molecule has 1 aromatic carbocycles. The molecule has 0 radical (unpaired) electrons. The number of carbonyl (C=O) groups is 1. The average Bonchev–Trinajstić information content (AvgIpc) is 3.05.